The average Bonchev–Trinajstić information content (AvgIpc) is 3.39. The van der Waals surface area contributed by atoms with E-state index in [1.54, 1.807) is 0 Å². The average molecular weight is 460 g/mol. The van der Waals surface area contributed by atoms with Crippen molar-refractivity contribution in [3.05, 3.63) is 167 Å². The van der Waals surface area contributed by atoms with Gasteiger partial charge in [0.1, 0.15) is 11.5 Å². The minimum absolute atomic E-state index is 0.518. The van der Waals surface area contributed by atoms with Gasteiger partial charge in [-0.1, -0.05) is 121 Å². The van der Waals surface area contributed by atoms with Crippen LogP contribution in [0.3, 0.4) is 0 Å². The first-order chi connectivity index (χ1) is 17.2. The Hall–Kier alpha value is -3.92. The van der Waals surface area contributed by atoms with E-state index in [0.29, 0.717) is 12.3 Å². The fourth-order valence-electron chi connectivity index (χ4n) is 4.54. The van der Waals surface area contributed by atoms with Crippen LogP contribution in [0.25, 0.3) is 0 Å². The Balaban J connectivity index is 1.45. The van der Waals surface area contributed by atoms with E-state index in [0.717, 1.165) is 30.0 Å². The lowest BCUT2D eigenvalue weighted by Crippen LogP contribution is -2.28. The van der Waals surface area contributed by atoms with Gasteiger partial charge in [-0.15, -0.1) is 0 Å². The van der Waals surface area contributed by atoms with Gasteiger partial charge in [0.15, 0.2) is 5.60 Å². The molecule has 0 radical (unpaired) electrons. The van der Waals surface area contributed by atoms with Crippen LogP contribution in [0.2, 0.25) is 0 Å². The third-order valence-electron chi connectivity index (χ3n) is 6.28. The van der Waals surface area contributed by atoms with Crippen LogP contribution in [0, 0.1) is 0 Å². The molecule has 0 saturated heterocycles. The van der Waals surface area contributed by atoms with Gasteiger partial charge in [-0.3, -0.25) is 4.90 Å². The number of benzene rings is 4. The van der Waals surface area contributed by atoms with Gasteiger partial charge in [0, 0.05) is 13.1 Å². The lowest BCUT2D eigenvalue weighted by Gasteiger charge is -2.27. The predicted octanol–water partition coefficient (Wildman–Crippen LogP) is 6.77. The zero-order valence-electron chi connectivity index (χ0n) is 19.6. The van der Waals surface area contributed by atoms with E-state index in [-0.39, 0.29) is 0 Å². The lowest BCUT2D eigenvalue weighted by atomic mass is 9.84. The minimum atomic E-state index is -1.37. The zero-order chi connectivity index (χ0) is 23.9. The monoisotopic (exact) mass is 459 g/mol. The quantitative estimate of drug-likeness (QED) is 0.264. The summed E-state index contributed by atoms with van der Waals surface area (Å²) in [6.45, 7) is 2.23. The van der Waals surface area contributed by atoms with Gasteiger partial charge in [-0.05, 0) is 34.4 Å². The van der Waals surface area contributed by atoms with Gasteiger partial charge < -0.3 is 9.52 Å². The molecule has 0 atom stereocenters. The smallest absolute Gasteiger partial charge is 0.173 e. The SMILES string of the molecule is OC(c1ccccc1)(c1ccccc1)c1ccc(CN(Cc2ccccc2)Cc2ccccc2)o1. The highest BCUT2D eigenvalue weighted by Crippen LogP contribution is 2.37. The highest BCUT2D eigenvalue weighted by Gasteiger charge is 2.37. The summed E-state index contributed by atoms with van der Waals surface area (Å²) in [6, 6.07) is 44.2. The summed E-state index contributed by atoms with van der Waals surface area (Å²) in [7, 11) is 0. The summed E-state index contributed by atoms with van der Waals surface area (Å²) < 4.78 is 6.37. The Bertz CT molecular complexity index is 1230. The summed E-state index contributed by atoms with van der Waals surface area (Å²) in [5.41, 5.74) is 2.68. The van der Waals surface area contributed by atoms with Crippen LogP contribution >= 0.6 is 0 Å². The van der Waals surface area contributed by atoms with Crippen molar-refractivity contribution in [1.82, 2.24) is 4.90 Å². The van der Waals surface area contributed by atoms with Crippen LogP contribution in [-0.4, -0.2) is 10.0 Å². The van der Waals surface area contributed by atoms with E-state index >= 15 is 0 Å². The summed E-state index contributed by atoms with van der Waals surface area (Å²) in [4.78, 5) is 2.36. The molecule has 35 heavy (non-hydrogen) atoms. The van der Waals surface area contributed by atoms with Crippen molar-refractivity contribution in [2.75, 3.05) is 0 Å². The number of rotatable bonds is 9. The van der Waals surface area contributed by atoms with Crippen molar-refractivity contribution in [3.8, 4) is 0 Å². The molecule has 3 heteroatoms. The van der Waals surface area contributed by atoms with Crippen molar-refractivity contribution >= 4 is 0 Å². The molecule has 5 rings (SSSR count). The van der Waals surface area contributed by atoms with E-state index < -0.39 is 5.60 Å². The highest BCUT2D eigenvalue weighted by atomic mass is 16.4. The van der Waals surface area contributed by atoms with E-state index in [1.165, 1.54) is 11.1 Å². The standard InChI is InChI=1S/C32H29NO2/c34-32(28-17-9-3-10-18-28,29-19-11-4-12-20-29)31-22-21-30(35-31)25-33(23-26-13-5-1-6-14-26)24-27-15-7-2-8-16-27/h1-22,34H,23-25H2. The van der Waals surface area contributed by atoms with Crippen LogP contribution in [0.5, 0.6) is 0 Å². The molecule has 1 N–H and O–H groups in total. The fourth-order valence-corrected chi connectivity index (χ4v) is 4.54. The first kappa shape index (κ1) is 22.9. The topological polar surface area (TPSA) is 36.6 Å². The molecule has 0 bridgehead atoms. The number of furan rings is 1. The van der Waals surface area contributed by atoms with Gasteiger partial charge in [-0.2, -0.15) is 0 Å². The van der Waals surface area contributed by atoms with E-state index in [1.807, 2.05) is 84.9 Å². The van der Waals surface area contributed by atoms with Gasteiger partial charge in [0.25, 0.3) is 0 Å². The molecular weight excluding hydrogens is 430 g/mol. The molecule has 0 aliphatic heterocycles. The number of nitrogens with zero attached hydrogens (tertiary/aromatic N) is 1. The maximum Gasteiger partial charge on any atom is 0.173 e. The summed E-state index contributed by atoms with van der Waals surface area (Å²) >= 11 is 0. The molecule has 0 aliphatic carbocycles. The molecule has 5 aromatic rings. The predicted molar refractivity (Wildman–Crippen MR) is 140 cm³/mol. The Morgan fingerprint density at radius 3 is 1.40 bits per heavy atom. The Labute approximate surface area is 206 Å². The van der Waals surface area contributed by atoms with E-state index in [9.17, 15) is 5.11 Å². The molecule has 3 nitrogen and oxygen atoms in total. The highest BCUT2D eigenvalue weighted by molar-refractivity contribution is 5.43. The number of hydrogen-bond acceptors (Lipinski definition) is 3. The lowest BCUT2D eigenvalue weighted by molar-refractivity contribution is 0.0950. The molecule has 1 aromatic heterocycles. The summed E-state index contributed by atoms with van der Waals surface area (Å²) in [5, 5.41) is 12.0. The molecular formula is C32H29NO2. The van der Waals surface area contributed by atoms with Crippen molar-refractivity contribution in [2.45, 2.75) is 25.2 Å². The van der Waals surface area contributed by atoms with Gasteiger partial charge in [0.2, 0.25) is 0 Å². The molecule has 0 amide bonds. The summed E-state index contributed by atoms with van der Waals surface area (Å²) in [5.74, 6) is 1.33. The second-order valence-corrected chi connectivity index (χ2v) is 8.82. The number of aliphatic hydroxyl groups is 1. The second kappa shape index (κ2) is 10.6. The fraction of sp³-hybridized carbons (Fsp3) is 0.125. The van der Waals surface area contributed by atoms with Crippen molar-refractivity contribution < 1.29 is 9.52 Å². The Morgan fingerprint density at radius 1 is 0.514 bits per heavy atom. The van der Waals surface area contributed by atoms with Crippen LogP contribution in [0.4, 0.5) is 0 Å². The maximum atomic E-state index is 12.0. The van der Waals surface area contributed by atoms with Gasteiger partial charge >= 0.3 is 0 Å². The largest absolute Gasteiger partial charge is 0.461 e. The first-order valence-electron chi connectivity index (χ1n) is 11.9. The Morgan fingerprint density at radius 2 is 0.943 bits per heavy atom. The molecule has 174 valence electrons. The maximum absolute atomic E-state index is 12.0. The molecule has 0 saturated carbocycles. The molecule has 0 unspecified atom stereocenters. The Kier molecular flexibility index (Phi) is 6.89. The van der Waals surface area contributed by atoms with Crippen LogP contribution < -0.4 is 0 Å². The van der Waals surface area contributed by atoms with E-state index in [2.05, 4.69) is 53.4 Å². The third-order valence-corrected chi connectivity index (χ3v) is 6.28. The van der Waals surface area contributed by atoms with Crippen molar-refractivity contribution in [1.29, 1.82) is 0 Å². The molecule has 4 aromatic carbocycles. The molecule has 0 fully saturated rings. The third kappa shape index (κ3) is 5.27. The molecule has 0 spiro atoms. The van der Waals surface area contributed by atoms with E-state index in [4.69, 9.17) is 4.42 Å². The van der Waals surface area contributed by atoms with Crippen LogP contribution in [-0.2, 0) is 25.2 Å². The first-order valence-corrected chi connectivity index (χ1v) is 11.9. The van der Waals surface area contributed by atoms with Crippen molar-refractivity contribution in [3.63, 3.8) is 0 Å². The van der Waals surface area contributed by atoms with Gasteiger partial charge in [0.05, 0.1) is 6.54 Å². The zero-order valence-corrected chi connectivity index (χ0v) is 19.6. The number of hydrogen-bond donors (Lipinski definition) is 1. The normalized spacial score (nSPS) is 11.6. The van der Waals surface area contributed by atoms with Crippen molar-refractivity contribution in [2.24, 2.45) is 0 Å². The molecule has 0 aliphatic rings. The molecule has 1 heterocycles. The minimum Gasteiger partial charge on any atom is -0.461 e. The van der Waals surface area contributed by atoms with Gasteiger partial charge in [-0.25, -0.2) is 0 Å². The second-order valence-electron chi connectivity index (χ2n) is 8.82. The summed E-state index contributed by atoms with van der Waals surface area (Å²) in [6.07, 6.45) is 0. The van der Waals surface area contributed by atoms with Crippen LogP contribution in [0.15, 0.2) is 138 Å². The van der Waals surface area contributed by atoms with Crippen LogP contribution in [0.1, 0.15) is 33.8 Å².